The number of hydrogen-bond donors (Lipinski definition) is 2. The molecule has 1 saturated heterocycles. The van der Waals surface area contributed by atoms with E-state index in [1.807, 2.05) is 0 Å². The molecular weight excluding hydrogens is 569 g/mol. The third kappa shape index (κ3) is 7.19. The molecule has 0 spiro atoms. The molecular formula is C25H27ClF5N3O4S. The van der Waals surface area contributed by atoms with Gasteiger partial charge in [0.2, 0.25) is 15.9 Å². The van der Waals surface area contributed by atoms with Gasteiger partial charge in [-0.3, -0.25) is 9.69 Å². The number of hydrogen-bond acceptors (Lipinski definition) is 5. The van der Waals surface area contributed by atoms with Gasteiger partial charge in [0.1, 0.15) is 22.5 Å². The summed E-state index contributed by atoms with van der Waals surface area (Å²) in [5.74, 6) is -2.75. The fourth-order valence-corrected chi connectivity index (χ4v) is 6.24. The van der Waals surface area contributed by atoms with Gasteiger partial charge in [-0.2, -0.15) is 17.9 Å². The van der Waals surface area contributed by atoms with E-state index in [-0.39, 0.29) is 18.6 Å². The summed E-state index contributed by atoms with van der Waals surface area (Å²) in [6.45, 7) is 2.23. The van der Waals surface area contributed by atoms with Gasteiger partial charge >= 0.3 is 6.18 Å². The number of alkyl halides is 3. The topological polar surface area (TPSA) is 87.7 Å². The van der Waals surface area contributed by atoms with E-state index in [0.717, 1.165) is 50.6 Å². The molecule has 2 aliphatic rings. The molecule has 14 heteroatoms. The average molecular weight is 596 g/mol. The highest BCUT2D eigenvalue weighted by atomic mass is 35.5. The minimum absolute atomic E-state index is 0.135. The smallest absolute Gasteiger partial charge is 0.405 e. The number of sulfonamides is 1. The first-order valence-corrected chi connectivity index (χ1v) is 14.2. The number of halogens is 6. The Labute approximate surface area is 227 Å². The zero-order valence-corrected chi connectivity index (χ0v) is 22.2. The number of carbonyl (C=O) groups excluding carboxylic acids is 1. The summed E-state index contributed by atoms with van der Waals surface area (Å²) in [6, 6.07) is 1.91. The first-order chi connectivity index (χ1) is 18.3. The fraction of sp³-hybridized carbons (Fsp3) is 0.480. The largest absolute Gasteiger partial charge is 0.493 e. The van der Waals surface area contributed by atoms with Crippen molar-refractivity contribution in [1.29, 1.82) is 0 Å². The molecule has 2 aromatic carbocycles. The van der Waals surface area contributed by atoms with Crippen molar-refractivity contribution < 1.29 is 39.9 Å². The minimum atomic E-state index is -5.18. The molecule has 0 saturated carbocycles. The van der Waals surface area contributed by atoms with Crippen molar-refractivity contribution >= 4 is 27.5 Å². The highest BCUT2D eigenvalue weighted by Gasteiger charge is 2.44. The van der Waals surface area contributed by atoms with Gasteiger partial charge in [0, 0.05) is 24.1 Å². The third-order valence-electron chi connectivity index (χ3n) is 6.68. The Kier molecular flexibility index (Phi) is 9.04. The molecule has 2 aromatic rings. The first kappa shape index (κ1) is 29.5. The second-order valence-electron chi connectivity index (χ2n) is 9.55. The second-order valence-corrected chi connectivity index (χ2v) is 11.6. The van der Waals surface area contributed by atoms with Crippen molar-refractivity contribution in [2.45, 2.75) is 61.8 Å². The van der Waals surface area contributed by atoms with Crippen LogP contribution in [0.4, 0.5) is 22.0 Å². The van der Waals surface area contributed by atoms with Gasteiger partial charge in [-0.25, -0.2) is 17.2 Å². The maximum atomic E-state index is 15.0. The summed E-state index contributed by atoms with van der Waals surface area (Å²) >= 11 is 5.56. The van der Waals surface area contributed by atoms with Gasteiger partial charge in [0.15, 0.2) is 5.82 Å². The van der Waals surface area contributed by atoms with Crippen LogP contribution >= 0.6 is 11.6 Å². The van der Waals surface area contributed by atoms with Crippen LogP contribution in [0.3, 0.4) is 0 Å². The van der Waals surface area contributed by atoms with Gasteiger partial charge in [-0.1, -0.05) is 24.1 Å². The highest BCUT2D eigenvalue weighted by molar-refractivity contribution is 7.89. The van der Waals surface area contributed by atoms with Crippen molar-refractivity contribution in [1.82, 2.24) is 14.9 Å². The summed E-state index contributed by atoms with van der Waals surface area (Å²) in [7, 11) is -5.03. The van der Waals surface area contributed by atoms with E-state index >= 15 is 0 Å². The summed E-state index contributed by atoms with van der Waals surface area (Å²) in [5, 5.41) is 1.83. The number of fused-ring (bicyclic) bond motifs is 1. The van der Waals surface area contributed by atoms with Crippen molar-refractivity contribution in [3.8, 4) is 5.75 Å². The Bertz CT molecular complexity index is 1320. The number of nitrogens with zero attached hydrogens (tertiary/aromatic N) is 1. The van der Waals surface area contributed by atoms with Crippen LogP contribution in [0.1, 0.15) is 49.3 Å². The van der Waals surface area contributed by atoms with Crippen LogP contribution in [-0.4, -0.2) is 51.1 Å². The molecule has 2 heterocycles. The molecule has 0 aliphatic carbocycles. The second kappa shape index (κ2) is 11.9. The molecule has 39 heavy (non-hydrogen) atoms. The van der Waals surface area contributed by atoms with Crippen molar-refractivity contribution in [3.05, 3.63) is 58.1 Å². The quantitative estimate of drug-likeness (QED) is 0.427. The summed E-state index contributed by atoms with van der Waals surface area (Å²) in [5.41, 5.74) is 0.696. The maximum absolute atomic E-state index is 15.0. The molecule has 2 aliphatic heterocycles. The predicted molar refractivity (Wildman–Crippen MR) is 133 cm³/mol. The highest BCUT2D eigenvalue weighted by Crippen LogP contribution is 2.35. The minimum Gasteiger partial charge on any atom is -0.493 e. The van der Waals surface area contributed by atoms with Crippen LogP contribution in [0.25, 0.3) is 0 Å². The van der Waals surface area contributed by atoms with Crippen LogP contribution in [-0.2, 0) is 21.4 Å². The van der Waals surface area contributed by atoms with Gasteiger partial charge in [0.25, 0.3) is 0 Å². The lowest BCUT2D eigenvalue weighted by atomic mass is 9.97. The Hall–Kier alpha value is -2.48. The van der Waals surface area contributed by atoms with E-state index in [9.17, 15) is 35.2 Å². The standard InChI is InChI=1S/C25H27ClF5N3O4S/c26-17-5-4-6-21(24(17)28)39(36,37)33-22(25(29,30)31)13-23(35)32-19-7-10-38-20-11-15(18(27)12-16(19)20)14-34-8-2-1-3-9-34/h4-6,11-12,19,22,33H,1-3,7-10,13-14H2,(H,32,35)/t19-,22-/m1/s1. The molecule has 0 unspecified atom stereocenters. The van der Waals surface area contributed by atoms with Crippen LogP contribution in [0, 0.1) is 11.6 Å². The summed E-state index contributed by atoms with van der Waals surface area (Å²) in [4.78, 5) is 13.7. The van der Waals surface area contributed by atoms with Crippen LogP contribution in [0.15, 0.2) is 35.2 Å². The SMILES string of the molecule is O=C(C[C@@H](NS(=O)(=O)c1cccc(Cl)c1F)C(F)(F)F)N[C@@H]1CCOc2cc(CN3CCCCC3)c(F)cc21. The van der Waals surface area contributed by atoms with Crippen molar-refractivity contribution in [2.24, 2.45) is 0 Å². The van der Waals surface area contributed by atoms with Crippen molar-refractivity contribution in [2.75, 3.05) is 19.7 Å². The lowest BCUT2D eigenvalue weighted by molar-refractivity contribution is -0.158. The van der Waals surface area contributed by atoms with Crippen LogP contribution in [0.2, 0.25) is 5.02 Å². The number of ether oxygens (including phenoxy) is 1. The van der Waals surface area contributed by atoms with Gasteiger partial charge < -0.3 is 10.1 Å². The first-order valence-electron chi connectivity index (χ1n) is 12.3. The van der Waals surface area contributed by atoms with Gasteiger partial charge in [0.05, 0.1) is 24.1 Å². The summed E-state index contributed by atoms with van der Waals surface area (Å²) in [6.07, 6.45) is -3.15. The Balaban J connectivity index is 1.47. The molecule has 2 atom stereocenters. The maximum Gasteiger partial charge on any atom is 0.405 e. The van der Waals surface area contributed by atoms with Gasteiger partial charge in [-0.15, -0.1) is 0 Å². The van der Waals surface area contributed by atoms with E-state index < -0.39 is 62.2 Å². The number of carbonyl (C=O) groups is 1. The number of likely N-dealkylation sites (tertiary alicyclic amines) is 1. The normalized spacial score (nSPS) is 19.2. The number of benzene rings is 2. The molecule has 0 bridgehead atoms. The average Bonchev–Trinajstić information content (AvgIpc) is 2.86. The summed E-state index contributed by atoms with van der Waals surface area (Å²) < 4.78 is 102. The molecule has 7 nitrogen and oxygen atoms in total. The molecule has 2 N–H and O–H groups in total. The predicted octanol–water partition coefficient (Wildman–Crippen LogP) is 4.84. The number of nitrogens with one attached hydrogen (secondary N) is 2. The van der Waals surface area contributed by atoms with E-state index in [1.54, 1.807) is 6.07 Å². The Morgan fingerprint density at radius 3 is 2.56 bits per heavy atom. The number of amides is 1. The van der Waals surface area contributed by atoms with Gasteiger partial charge in [-0.05, 0) is 50.2 Å². The number of rotatable bonds is 8. The molecule has 4 rings (SSSR count). The Morgan fingerprint density at radius 1 is 1.15 bits per heavy atom. The molecule has 214 valence electrons. The van der Waals surface area contributed by atoms with E-state index in [1.165, 1.54) is 10.8 Å². The monoisotopic (exact) mass is 595 g/mol. The molecule has 1 fully saturated rings. The van der Waals surface area contributed by atoms with E-state index in [4.69, 9.17) is 16.3 Å². The zero-order valence-electron chi connectivity index (χ0n) is 20.7. The van der Waals surface area contributed by atoms with E-state index in [2.05, 4.69) is 10.2 Å². The molecule has 1 amide bonds. The third-order valence-corrected chi connectivity index (χ3v) is 8.46. The lowest BCUT2D eigenvalue weighted by Crippen LogP contribution is -2.48. The lowest BCUT2D eigenvalue weighted by Gasteiger charge is -2.30. The van der Waals surface area contributed by atoms with E-state index in [0.29, 0.717) is 17.9 Å². The van der Waals surface area contributed by atoms with Crippen LogP contribution < -0.4 is 14.8 Å². The molecule has 0 radical (unpaired) electrons. The number of piperidine rings is 1. The van der Waals surface area contributed by atoms with Crippen molar-refractivity contribution in [3.63, 3.8) is 0 Å². The fourth-order valence-electron chi connectivity index (χ4n) is 4.69. The Morgan fingerprint density at radius 2 is 1.87 bits per heavy atom. The van der Waals surface area contributed by atoms with Crippen LogP contribution in [0.5, 0.6) is 5.75 Å². The zero-order chi connectivity index (χ0) is 28.4. The molecule has 0 aromatic heterocycles.